The van der Waals surface area contributed by atoms with Gasteiger partial charge < -0.3 is 15.6 Å². The first-order valence-corrected chi connectivity index (χ1v) is 9.35. The van der Waals surface area contributed by atoms with Gasteiger partial charge in [0.05, 0.1) is 28.7 Å². The van der Waals surface area contributed by atoms with Gasteiger partial charge in [0.15, 0.2) is 0 Å². The Balaban J connectivity index is 1.42. The lowest BCUT2D eigenvalue weighted by atomic mass is 9.97. The van der Waals surface area contributed by atoms with E-state index in [9.17, 15) is 4.79 Å². The van der Waals surface area contributed by atoms with Crippen LogP contribution in [0.25, 0.3) is 11.0 Å². The number of carbonyl (C=O) groups excluding carboxylic acids is 1. The second-order valence-corrected chi connectivity index (χ2v) is 7.15. The number of rotatable bonds is 3. The molecule has 1 saturated heterocycles. The average Bonchev–Trinajstić information content (AvgIpc) is 3.13. The van der Waals surface area contributed by atoms with Gasteiger partial charge in [0.2, 0.25) is 0 Å². The number of para-hydroxylation sites is 2. The number of hydrogen-bond acceptors (Lipinski definition) is 4. The molecule has 0 saturated carbocycles. The molecular formula is C21H22N6O. The van der Waals surface area contributed by atoms with Gasteiger partial charge in [-0.15, -0.1) is 0 Å². The number of likely N-dealkylation sites (tertiary alicyclic amines) is 1. The summed E-state index contributed by atoms with van der Waals surface area (Å²) in [5.74, 6) is 0.928. The lowest BCUT2D eigenvalue weighted by Crippen LogP contribution is -2.46. The van der Waals surface area contributed by atoms with Crippen LogP contribution < -0.4 is 10.6 Å². The summed E-state index contributed by atoms with van der Waals surface area (Å²) in [4.78, 5) is 22.8. The highest BCUT2D eigenvalue weighted by molar-refractivity contribution is 5.89. The number of hydrogen-bond donors (Lipinski definition) is 3. The maximum atomic E-state index is 12.4. The minimum Gasteiger partial charge on any atom is -0.341 e. The highest BCUT2D eigenvalue weighted by Gasteiger charge is 2.30. The van der Waals surface area contributed by atoms with E-state index in [4.69, 9.17) is 10.2 Å². The zero-order valence-corrected chi connectivity index (χ0v) is 15.6. The summed E-state index contributed by atoms with van der Waals surface area (Å²) in [5.41, 5.74) is 3.10. The van der Waals surface area contributed by atoms with Crippen molar-refractivity contribution in [2.45, 2.75) is 24.9 Å². The van der Waals surface area contributed by atoms with Crippen molar-refractivity contribution in [1.29, 1.82) is 5.26 Å². The van der Waals surface area contributed by atoms with Gasteiger partial charge in [-0.05, 0) is 50.2 Å². The zero-order valence-electron chi connectivity index (χ0n) is 15.6. The second-order valence-electron chi connectivity index (χ2n) is 7.15. The van der Waals surface area contributed by atoms with Crippen LogP contribution in [0.1, 0.15) is 30.3 Å². The van der Waals surface area contributed by atoms with E-state index >= 15 is 0 Å². The van der Waals surface area contributed by atoms with Crippen molar-refractivity contribution in [3.63, 3.8) is 0 Å². The fourth-order valence-electron chi connectivity index (χ4n) is 3.68. The summed E-state index contributed by atoms with van der Waals surface area (Å²) in [7, 11) is 2.08. The number of anilines is 1. The Kier molecular flexibility index (Phi) is 4.96. The number of fused-ring (bicyclic) bond motifs is 1. The Morgan fingerprint density at radius 1 is 1.29 bits per heavy atom. The summed E-state index contributed by atoms with van der Waals surface area (Å²) in [6.45, 7) is 0.872. The number of aromatic nitrogens is 2. The maximum absolute atomic E-state index is 12.4. The lowest BCUT2D eigenvalue weighted by molar-refractivity contribution is 0.153. The topological polar surface area (TPSA) is 96.8 Å². The van der Waals surface area contributed by atoms with Crippen LogP contribution >= 0.6 is 0 Å². The molecule has 0 spiro atoms. The van der Waals surface area contributed by atoms with Crippen molar-refractivity contribution in [3.05, 3.63) is 59.9 Å². The quantitative estimate of drug-likeness (QED) is 0.655. The predicted molar refractivity (Wildman–Crippen MR) is 108 cm³/mol. The van der Waals surface area contributed by atoms with Crippen molar-refractivity contribution in [2.24, 2.45) is 0 Å². The first-order valence-electron chi connectivity index (χ1n) is 9.35. The molecule has 0 unspecified atom stereocenters. The Labute approximate surface area is 163 Å². The number of imidazole rings is 1. The van der Waals surface area contributed by atoms with E-state index in [1.807, 2.05) is 24.3 Å². The van der Waals surface area contributed by atoms with Crippen molar-refractivity contribution in [1.82, 2.24) is 20.2 Å². The van der Waals surface area contributed by atoms with Gasteiger partial charge in [-0.25, -0.2) is 9.78 Å². The fourth-order valence-corrected chi connectivity index (χ4v) is 3.68. The van der Waals surface area contributed by atoms with E-state index < -0.39 is 0 Å². The normalized spacial score (nSPS) is 19.9. The number of aromatic amines is 1. The van der Waals surface area contributed by atoms with E-state index in [0.717, 1.165) is 36.2 Å². The first kappa shape index (κ1) is 18.0. The molecule has 4 rings (SSSR count). The minimum absolute atomic E-state index is 0.0496. The molecule has 3 aromatic rings. The minimum atomic E-state index is -0.256. The fraction of sp³-hybridized carbons (Fsp3) is 0.286. The summed E-state index contributed by atoms with van der Waals surface area (Å²) < 4.78 is 0. The average molecular weight is 374 g/mol. The maximum Gasteiger partial charge on any atom is 0.319 e. The summed E-state index contributed by atoms with van der Waals surface area (Å²) in [6, 6.07) is 16.9. The summed E-state index contributed by atoms with van der Waals surface area (Å²) in [5, 5.41) is 14.9. The van der Waals surface area contributed by atoms with E-state index in [-0.39, 0.29) is 18.1 Å². The molecule has 7 heteroatoms. The summed E-state index contributed by atoms with van der Waals surface area (Å²) >= 11 is 0. The lowest BCUT2D eigenvalue weighted by Gasteiger charge is -2.36. The van der Waals surface area contributed by atoms with Crippen molar-refractivity contribution in [3.8, 4) is 6.07 Å². The third kappa shape index (κ3) is 3.82. The van der Waals surface area contributed by atoms with Gasteiger partial charge in [-0.1, -0.05) is 18.2 Å². The number of piperidine rings is 1. The third-order valence-electron chi connectivity index (χ3n) is 5.18. The Bertz CT molecular complexity index is 1000. The van der Waals surface area contributed by atoms with Gasteiger partial charge >= 0.3 is 6.03 Å². The molecule has 1 fully saturated rings. The molecule has 1 aliphatic heterocycles. The van der Waals surface area contributed by atoms with Crippen molar-refractivity contribution in [2.75, 3.05) is 18.9 Å². The highest BCUT2D eigenvalue weighted by Crippen LogP contribution is 2.29. The van der Waals surface area contributed by atoms with Crippen molar-refractivity contribution < 1.29 is 4.79 Å². The molecule has 7 nitrogen and oxygen atoms in total. The number of H-pyrrole nitrogens is 1. The SMILES string of the molecule is CN1CC[C@@H](NC(=O)Nc2cccc(C#N)c2)C[C@@H]1c1nc2ccccc2[nH]1. The van der Waals surface area contributed by atoms with Crippen LogP contribution in [-0.4, -0.2) is 40.5 Å². The van der Waals surface area contributed by atoms with Crippen molar-refractivity contribution >= 4 is 22.8 Å². The molecule has 1 aliphatic rings. The number of carbonyl (C=O) groups is 1. The Morgan fingerprint density at radius 3 is 2.96 bits per heavy atom. The predicted octanol–water partition coefficient (Wildman–Crippen LogP) is 3.39. The number of nitrogens with zero attached hydrogens (tertiary/aromatic N) is 3. The number of nitrogens with one attached hydrogen (secondary N) is 3. The number of benzene rings is 2. The zero-order chi connectivity index (χ0) is 19.5. The van der Waals surface area contributed by atoms with Crippen LogP contribution in [0.15, 0.2) is 48.5 Å². The van der Waals surface area contributed by atoms with E-state index in [1.54, 1.807) is 24.3 Å². The molecule has 2 aromatic carbocycles. The van der Waals surface area contributed by atoms with E-state index in [1.165, 1.54) is 0 Å². The first-order chi connectivity index (χ1) is 13.6. The molecule has 142 valence electrons. The monoisotopic (exact) mass is 374 g/mol. The molecule has 3 N–H and O–H groups in total. The molecule has 1 aromatic heterocycles. The van der Waals surface area contributed by atoms with Gasteiger partial charge in [-0.2, -0.15) is 5.26 Å². The number of amides is 2. The van der Waals surface area contributed by atoms with Gasteiger partial charge in [0.1, 0.15) is 5.82 Å². The van der Waals surface area contributed by atoms with Crippen LogP contribution in [0.3, 0.4) is 0 Å². The van der Waals surface area contributed by atoms with Crippen LogP contribution in [0, 0.1) is 11.3 Å². The second kappa shape index (κ2) is 7.71. The highest BCUT2D eigenvalue weighted by atomic mass is 16.2. The van der Waals surface area contributed by atoms with E-state index in [0.29, 0.717) is 11.3 Å². The van der Waals surface area contributed by atoms with Crippen LogP contribution in [0.5, 0.6) is 0 Å². The Hall–Kier alpha value is -3.37. The van der Waals surface area contributed by atoms with Gasteiger partial charge in [0.25, 0.3) is 0 Å². The largest absolute Gasteiger partial charge is 0.341 e. The molecule has 0 bridgehead atoms. The van der Waals surface area contributed by atoms with Crippen LogP contribution in [-0.2, 0) is 0 Å². The van der Waals surface area contributed by atoms with Gasteiger partial charge in [-0.3, -0.25) is 4.90 Å². The smallest absolute Gasteiger partial charge is 0.319 e. The third-order valence-corrected chi connectivity index (χ3v) is 5.18. The van der Waals surface area contributed by atoms with E-state index in [2.05, 4.69) is 33.6 Å². The molecule has 0 aliphatic carbocycles. The molecule has 28 heavy (non-hydrogen) atoms. The molecule has 2 amide bonds. The van der Waals surface area contributed by atoms with Crippen LogP contribution in [0.2, 0.25) is 0 Å². The number of nitriles is 1. The molecule has 2 atom stereocenters. The van der Waals surface area contributed by atoms with Gasteiger partial charge in [0, 0.05) is 18.3 Å². The molecule has 0 radical (unpaired) electrons. The molecule has 2 heterocycles. The summed E-state index contributed by atoms with van der Waals surface area (Å²) in [6.07, 6.45) is 1.65. The number of urea groups is 1. The Morgan fingerprint density at radius 2 is 2.14 bits per heavy atom. The molecular weight excluding hydrogens is 352 g/mol. The van der Waals surface area contributed by atoms with Crippen LogP contribution in [0.4, 0.5) is 10.5 Å². The standard InChI is InChI=1S/C21H22N6O/c1-27-10-9-16(24-21(28)23-15-6-4-5-14(11-15)13-22)12-19(27)20-25-17-7-2-3-8-18(17)26-20/h2-8,11,16,19H,9-10,12H2,1H3,(H,25,26)(H2,23,24,28)/t16-,19-/m1/s1.